The number of methoxy groups -OCH3 is 1. The van der Waals surface area contributed by atoms with Gasteiger partial charge < -0.3 is 14.2 Å². The summed E-state index contributed by atoms with van der Waals surface area (Å²) in [5.74, 6) is 1.40. The Morgan fingerprint density at radius 1 is 1.03 bits per heavy atom. The van der Waals surface area contributed by atoms with E-state index in [2.05, 4.69) is 15.5 Å². The van der Waals surface area contributed by atoms with E-state index in [1.54, 1.807) is 43.8 Å². The third-order valence-electron chi connectivity index (χ3n) is 4.17. The van der Waals surface area contributed by atoms with Crippen LogP contribution in [-0.2, 0) is 0 Å². The van der Waals surface area contributed by atoms with Crippen LogP contribution in [0.15, 0.2) is 72.1 Å². The summed E-state index contributed by atoms with van der Waals surface area (Å²) in [6.07, 6.45) is 5.24. The number of rotatable bonds is 10. The van der Waals surface area contributed by atoms with Crippen LogP contribution in [0.25, 0.3) is 0 Å². The molecule has 0 unspecified atom stereocenters. The smallest absolute Gasteiger partial charge is 0.271 e. The average molecular weight is 440 g/mol. The SMILES string of the molecule is COc1cccc(/C=N/NC(=O)c2ccncc2)c1OCCCOc1ccccc1Cl. The zero-order valence-corrected chi connectivity index (χ0v) is 17.7. The highest BCUT2D eigenvalue weighted by Crippen LogP contribution is 2.30. The number of aromatic nitrogens is 1. The Hall–Kier alpha value is -3.58. The lowest BCUT2D eigenvalue weighted by Crippen LogP contribution is -2.17. The van der Waals surface area contributed by atoms with Crippen LogP contribution in [0.4, 0.5) is 0 Å². The lowest BCUT2D eigenvalue weighted by molar-refractivity contribution is 0.0955. The number of amides is 1. The standard InChI is InChI=1S/C23H22ClN3O4/c1-29-21-9-4-6-18(16-26-27-23(28)17-10-12-25-13-11-17)22(21)31-15-5-14-30-20-8-3-2-7-19(20)24/h2-4,6-13,16H,5,14-15H2,1H3,(H,27,28)/b26-16+. The molecule has 0 radical (unpaired) electrons. The number of benzene rings is 2. The van der Waals surface area contributed by atoms with Crippen molar-refractivity contribution in [3.05, 3.63) is 83.1 Å². The van der Waals surface area contributed by atoms with E-state index in [1.165, 1.54) is 6.21 Å². The molecular formula is C23H22ClN3O4. The number of ether oxygens (including phenoxy) is 3. The first-order valence-corrected chi connectivity index (χ1v) is 9.97. The Morgan fingerprint density at radius 3 is 2.55 bits per heavy atom. The number of hydrogen-bond donors (Lipinski definition) is 1. The highest BCUT2D eigenvalue weighted by atomic mass is 35.5. The van der Waals surface area contributed by atoms with Crippen molar-refractivity contribution in [1.82, 2.24) is 10.4 Å². The number of carbonyl (C=O) groups is 1. The fourth-order valence-electron chi connectivity index (χ4n) is 2.66. The molecule has 1 N–H and O–H groups in total. The minimum absolute atomic E-state index is 0.333. The van der Waals surface area contributed by atoms with Gasteiger partial charge in [-0.2, -0.15) is 5.10 Å². The largest absolute Gasteiger partial charge is 0.493 e. The van der Waals surface area contributed by atoms with Crippen LogP contribution in [0.1, 0.15) is 22.3 Å². The molecule has 31 heavy (non-hydrogen) atoms. The van der Waals surface area contributed by atoms with E-state index in [0.29, 0.717) is 53.0 Å². The summed E-state index contributed by atoms with van der Waals surface area (Å²) in [5.41, 5.74) is 3.62. The fourth-order valence-corrected chi connectivity index (χ4v) is 2.85. The normalized spacial score (nSPS) is 10.6. The highest BCUT2D eigenvalue weighted by molar-refractivity contribution is 6.32. The lowest BCUT2D eigenvalue weighted by Gasteiger charge is -2.13. The molecule has 8 heteroatoms. The molecule has 7 nitrogen and oxygen atoms in total. The van der Waals surface area contributed by atoms with Crippen molar-refractivity contribution in [2.24, 2.45) is 5.10 Å². The van der Waals surface area contributed by atoms with E-state index in [1.807, 2.05) is 30.3 Å². The minimum Gasteiger partial charge on any atom is -0.493 e. The molecule has 2 aromatic carbocycles. The second kappa shape index (κ2) is 11.6. The molecule has 1 amide bonds. The van der Waals surface area contributed by atoms with Gasteiger partial charge in [-0.3, -0.25) is 9.78 Å². The lowest BCUT2D eigenvalue weighted by atomic mass is 10.2. The Morgan fingerprint density at radius 2 is 1.77 bits per heavy atom. The van der Waals surface area contributed by atoms with Crippen molar-refractivity contribution in [2.75, 3.05) is 20.3 Å². The quantitative estimate of drug-likeness (QED) is 0.288. The zero-order valence-electron chi connectivity index (χ0n) is 17.0. The van der Waals surface area contributed by atoms with Crippen LogP contribution >= 0.6 is 11.6 Å². The van der Waals surface area contributed by atoms with Crippen LogP contribution < -0.4 is 19.6 Å². The maximum Gasteiger partial charge on any atom is 0.271 e. The van der Waals surface area contributed by atoms with Gasteiger partial charge in [-0.25, -0.2) is 5.43 Å². The summed E-state index contributed by atoms with van der Waals surface area (Å²) in [4.78, 5) is 16.0. The third kappa shape index (κ3) is 6.45. The summed E-state index contributed by atoms with van der Waals surface area (Å²) < 4.78 is 17.0. The van der Waals surface area contributed by atoms with Crippen molar-refractivity contribution in [1.29, 1.82) is 0 Å². The molecule has 3 aromatic rings. The number of nitrogens with zero attached hydrogens (tertiary/aromatic N) is 2. The third-order valence-corrected chi connectivity index (χ3v) is 4.48. The molecule has 0 aliphatic rings. The number of carbonyl (C=O) groups excluding carboxylic acids is 1. The molecule has 160 valence electrons. The van der Waals surface area contributed by atoms with E-state index < -0.39 is 0 Å². The first kappa shape index (κ1) is 22.1. The van der Waals surface area contributed by atoms with Crippen LogP contribution in [0, 0.1) is 0 Å². The summed E-state index contributed by atoms with van der Waals surface area (Å²) in [6.45, 7) is 0.847. The molecule has 0 spiro atoms. The van der Waals surface area contributed by atoms with Crippen LogP contribution in [0.5, 0.6) is 17.2 Å². The predicted octanol–water partition coefficient (Wildman–Crippen LogP) is 4.36. The predicted molar refractivity (Wildman–Crippen MR) is 119 cm³/mol. The van der Waals surface area contributed by atoms with Crippen molar-refractivity contribution in [2.45, 2.75) is 6.42 Å². The van der Waals surface area contributed by atoms with Gasteiger partial charge in [-0.05, 0) is 36.4 Å². The van der Waals surface area contributed by atoms with E-state index in [-0.39, 0.29) is 5.91 Å². The maximum absolute atomic E-state index is 12.1. The Bertz CT molecular complexity index is 1030. The zero-order chi connectivity index (χ0) is 21.9. The average Bonchev–Trinajstić information content (AvgIpc) is 2.81. The van der Waals surface area contributed by atoms with Gasteiger partial charge >= 0.3 is 0 Å². The van der Waals surface area contributed by atoms with Crippen molar-refractivity contribution >= 4 is 23.7 Å². The summed E-state index contributed by atoms with van der Waals surface area (Å²) in [6, 6.07) is 16.0. The number of nitrogens with one attached hydrogen (secondary N) is 1. The van der Waals surface area contributed by atoms with Gasteiger partial charge in [0.1, 0.15) is 5.75 Å². The molecule has 0 saturated heterocycles. The van der Waals surface area contributed by atoms with E-state index >= 15 is 0 Å². The second-order valence-corrected chi connectivity index (χ2v) is 6.70. The van der Waals surface area contributed by atoms with Gasteiger partial charge in [-0.1, -0.05) is 29.8 Å². The molecule has 3 rings (SSSR count). The molecule has 0 aliphatic heterocycles. The summed E-state index contributed by atoms with van der Waals surface area (Å²) in [7, 11) is 1.56. The maximum atomic E-state index is 12.1. The summed E-state index contributed by atoms with van der Waals surface area (Å²) in [5, 5.41) is 4.60. The molecule has 1 heterocycles. The first-order valence-electron chi connectivity index (χ1n) is 9.59. The number of hydrazone groups is 1. The first-order chi connectivity index (χ1) is 15.2. The topological polar surface area (TPSA) is 82.0 Å². The Balaban J connectivity index is 1.57. The van der Waals surface area contributed by atoms with E-state index in [4.69, 9.17) is 25.8 Å². The second-order valence-electron chi connectivity index (χ2n) is 6.29. The number of para-hydroxylation sites is 2. The molecule has 0 atom stereocenters. The molecular weight excluding hydrogens is 418 g/mol. The number of pyridine rings is 1. The van der Waals surface area contributed by atoms with Gasteiger partial charge in [0.05, 0.1) is 31.6 Å². The van der Waals surface area contributed by atoms with E-state index in [9.17, 15) is 4.79 Å². The summed E-state index contributed by atoms with van der Waals surface area (Å²) >= 11 is 6.08. The van der Waals surface area contributed by atoms with Crippen molar-refractivity contribution in [3.8, 4) is 17.2 Å². The van der Waals surface area contributed by atoms with Gasteiger partial charge in [-0.15, -0.1) is 0 Å². The monoisotopic (exact) mass is 439 g/mol. The Labute approximate surface area is 185 Å². The van der Waals surface area contributed by atoms with Gasteiger partial charge in [0.2, 0.25) is 0 Å². The van der Waals surface area contributed by atoms with Gasteiger partial charge in [0.25, 0.3) is 5.91 Å². The Kier molecular flexibility index (Phi) is 8.25. The highest BCUT2D eigenvalue weighted by Gasteiger charge is 2.10. The van der Waals surface area contributed by atoms with Crippen molar-refractivity contribution in [3.63, 3.8) is 0 Å². The molecule has 1 aromatic heterocycles. The minimum atomic E-state index is -0.333. The number of hydrogen-bond acceptors (Lipinski definition) is 6. The van der Waals surface area contributed by atoms with Gasteiger partial charge in [0, 0.05) is 29.9 Å². The molecule has 0 fully saturated rings. The number of halogens is 1. The molecule has 0 bridgehead atoms. The van der Waals surface area contributed by atoms with Crippen LogP contribution in [0.2, 0.25) is 5.02 Å². The fraction of sp³-hybridized carbons (Fsp3) is 0.174. The van der Waals surface area contributed by atoms with Crippen LogP contribution in [-0.4, -0.2) is 37.4 Å². The van der Waals surface area contributed by atoms with E-state index in [0.717, 1.165) is 0 Å². The molecule has 0 saturated carbocycles. The van der Waals surface area contributed by atoms with Crippen LogP contribution in [0.3, 0.4) is 0 Å². The molecule has 0 aliphatic carbocycles. The van der Waals surface area contributed by atoms with Gasteiger partial charge in [0.15, 0.2) is 11.5 Å². The van der Waals surface area contributed by atoms with Crippen molar-refractivity contribution < 1.29 is 19.0 Å².